The van der Waals surface area contributed by atoms with Gasteiger partial charge < -0.3 is 0 Å². The Morgan fingerprint density at radius 1 is 0.889 bits per heavy atom. The molecule has 0 atom stereocenters. The minimum Gasteiger partial charge on any atom is -0.270 e. The Morgan fingerprint density at radius 3 is 1.22 bits per heavy atom. The van der Waals surface area contributed by atoms with E-state index in [1.807, 2.05) is 0 Å². The summed E-state index contributed by atoms with van der Waals surface area (Å²) in [5, 5.41) is 0. The quantitative estimate of drug-likeness (QED) is 0.343. The van der Waals surface area contributed by atoms with Gasteiger partial charge in [-0.1, -0.05) is 26.9 Å². The van der Waals surface area contributed by atoms with Gasteiger partial charge in [0.1, 0.15) is 0 Å². The third kappa shape index (κ3) is 19.4. The predicted molar refractivity (Wildman–Crippen MR) is 91.9 cm³/mol. The van der Waals surface area contributed by atoms with Crippen LogP contribution in [-0.2, 0) is 26.2 Å². The molecule has 1 radical (unpaired) electrons. The number of hydrogen-bond donors (Lipinski definition) is 0. The van der Waals surface area contributed by atoms with Gasteiger partial charge in [0.15, 0.2) is 0 Å². The zero-order valence-electron chi connectivity index (χ0n) is 11.6. The van der Waals surface area contributed by atoms with Crippen LogP contribution in [0, 0.1) is 12.2 Å². The van der Waals surface area contributed by atoms with E-state index < -0.39 is 0 Å². The van der Waals surface area contributed by atoms with Crippen molar-refractivity contribution >= 4 is 43.5 Å². The Balaban J connectivity index is -0.0000000793. The minimum absolute atomic E-state index is 0. The van der Waals surface area contributed by atoms with Crippen LogP contribution in [0.4, 0.5) is 0 Å². The van der Waals surface area contributed by atoms with Crippen molar-refractivity contribution in [2.24, 2.45) is 0 Å². The molecule has 0 bridgehead atoms. The van der Waals surface area contributed by atoms with Gasteiger partial charge in [0, 0.05) is 9.52 Å². The van der Waals surface area contributed by atoms with Crippen LogP contribution in [0.1, 0.15) is 26.7 Å². The molecule has 0 unspecified atom stereocenters. The van der Waals surface area contributed by atoms with Crippen LogP contribution in [-0.4, -0.2) is 9.52 Å². The largest absolute Gasteiger partial charge is 2.00 e. The van der Waals surface area contributed by atoms with E-state index in [-0.39, 0.29) is 60.2 Å². The third-order valence-corrected chi connectivity index (χ3v) is 1.73. The molecule has 0 nitrogen and oxygen atoms in total. The summed E-state index contributed by atoms with van der Waals surface area (Å²) >= 11 is 0. The molecule has 0 aromatic rings. The Hall–Kier alpha value is 1.02. The first kappa shape index (κ1) is 27.4. The molecule has 0 heterocycles. The first-order chi connectivity index (χ1) is 7.20. The van der Waals surface area contributed by atoms with Crippen molar-refractivity contribution in [1.82, 2.24) is 0 Å². The smallest absolute Gasteiger partial charge is 0.270 e. The Kier molecular flexibility index (Phi) is 30.9. The SMILES string of the molecule is Br.Br.CC1=[C-]CC=C1.CC1=[C-]CC=C1.C[SiH]C.[Zr+2]. The van der Waals surface area contributed by atoms with E-state index in [2.05, 4.69) is 63.4 Å². The summed E-state index contributed by atoms with van der Waals surface area (Å²) in [5.41, 5.74) is 2.55. The fourth-order valence-electron chi connectivity index (χ4n) is 1.03. The monoisotopic (exact) mass is 467 g/mol. The van der Waals surface area contributed by atoms with Gasteiger partial charge in [-0.15, -0.1) is 46.8 Å². The molecule has 0 aromatic heterocycles. The van der Waals surface area contributed by atoms with Crippen LogP contribution in [0.15, 0.2) is 35.5 Å². The maximum Gasteiger partial charge on any atom is 2.00 e. The average molecular weight is 470 g/mol. The molecule has 2 rings (SSSR count). The van der Waals surface area contributed by atoms with Crippen LogP contribution in [0.25, 0.3) is 0 Å². The molecule has 0 saturated carbocycles. The molecule has 0 aliphatic heterocycles. The summed E-state index contributed by atoms with van der Waals surface area (Å²) in [6.45, 7) is 8.53. The minimum atomic E-state index is 0. The van der Waals surface area contributed by atoms with Crippen LogP contribution in [0.5, 0.6) is 0 Å². The summed E-state index contributed by atoms with van der Waals surface area (Å²) in [5.74, 6) is 0. The summed E-state index contributed by atoms with van der Waals surface area (Å²) in [4.78, 5) is 0. The zero-order valence-corrected chi connectivity index (χ0v) is 18.7. The van der Waals surface area contributed by atoms with Gasteiger partial charge in [-0.05, 0) is 0 Å². The van der Waals surface area contributed by atoms with E-state index in [9.17, 15) is 0 Å². The predicted octanol–water partition coefficient (Wildman–Crippen LogP) is 5.06. The first-order valence-electron chi connectivity index (χ1n) is 5.42. The molecule has 0 amide bonds. The molecule has 2 aliphatic carbocycles. The van der Waals surface area contributed by atoms with Crippen molar-refractivity contribution in [2.45, 2.75) is 39.8 Å². The number of allylic oxidation sites excluding steroid dienone is 8. The molecule has 18 heavy (non-hydrogen) atoms. The molecule has 2 aliphatic rings. The Bertz CT molecular complexity index is 248. The topological polar surface area (TPSA) is 0 Å². The van der Waals surface area contributed by atoms with Crippen LogP contribution < -0.4 is 0 Å². The second-order valence-electron chi connectivity index (χ2n) is 3.51. The van der Waals surface area contributed by atoms with Gasteiger partial charge in [0.2, 0.25) is 0 Å². The molecule has 0 fully saturated rings. The van der Waals surface area contributed by atoms with Gasteiger partial charge >= 0.3 is 26.2 Å². The van der Waals surface area contributed by atoms with Crippen molar-refractivity contribution in [3.05, 3.63) is 47.6 Å². The standard InChI is InChI=1S/2C6H7.C2H7Si.2BrH.Zr/c2*1-6-4-2-3-5-6;1-3-2;;;/h2*2,4H,3H2,1H3;3H,1-2H3;2*1H;/q2*-1;;;;+2. The Morgan fingerprint density at radius 2 is 1.17 bits per heavy atom. The summed E-state index contributed by atoms with van der Waals surface area (Å²) in [7, 11) is 0.750. The molecule has 0 saturated heterocycles. The van der Waals surface area contributed by atoms with E-state index in [4.69, 9.17) is 0 Å². The first-order valence-corrected chi connectivity index (χ1v) is 7.73. The second kappa shape index (κ2) is 20.3. The van der Waals surface area contributed by atoms with Gasteiger partial charge in [-0.3, -0.25) is 12.2 Å². The summed E-state index contributed by atoms with van der Waals surface area (Å²) < 4.78 is 0. The van der Waals surface area contributed by atoms with E-state index in [0.29, 0.717) is 0 Å². The normalized spacial score (nSPS) is 13.3. The van der Waals surface area contributed by atoms with Crippen molar-refractivity contribution in [3.63, 3.8) is 0 Å². The second-order valence-corrected chi connectivity index (χ2v) is 4.66. The number of halogens is 2. The molecule has 4 heteroatoms. The number of hydrogen-bond acceptors (Lipinski definition) is 0. The van der Waals surface area contributed by atoms with Crippen molar-refractivity contribution in [2.75, 3.05) is 0 Å². The molecule has 0 spiro atoms. The van der Waals surface area contributed by atoms with Crippen LogP contribution in [0.3, 0.4) is 0 Å². The maximum absolute atomic E-state index is 3.12. The summed E-state index contributed by atoms with van der Waals surface area (Å²) in [6, 6.07) is 0. The van der Waals surface area contributed by atoms with E-state index in [1.54, 1.807) is 0 Å². The zero-order chi connectivity index (χ0) is 11.5. The van der Waals surface area contributed by atoms with Crippen LogP contribution >= 0.6 is 34.0 Å². The fraction of sp³-hybridized carbons (Fsp3) is 0.429. The van der Waals surface area contributed by atoms with Crippen molar-refractivity contribution < 1.29 is 26.2 Å². The van der Waals surface area contributed by atoms with Gasteiger partial charge in [0.05, 0.1) is 0 Å². The van der Waals surface area contributed by atoms with Crippen LogP contribution in [0.2, 0.25) is 13.1 Å². The average Bonchev–Trinajstić information content (AvgIpc) is 2.81. The molecule has 0 N–H and O–H groups in total. The van der Waals surface area contributed by atoms with Crippen molar-refractivity contribution in [1.29, 1.82) is 0 Å². The van der Waals surface area contributed by atoms with Gasteiger partial charge in [-0.25, -0.2) is 23.3 Å². The van der Waals surface area contributed by atoms with E-state index >= 15 is 0 Å². The van der Waals surface area contributed by atoms with Gasteiger partial charge in [-0.2, -0.15) is 12.2 Å². The molecule has 0 aromatic carbocycles. The molecular formula is C14H23Br2SiZr. The van der Waals surface area contributed by atoms with E-state index in [1.165, 1.54) is 11.1 Å². The molecule has 101 valence electrons. The van der Waals surface area contributed by atoms with Gasteiger partial charge in [0.25, 0.3) is 0 Å². The summed E-state index contributed by atoms with van der Waals surface area (Å²) in [6.07, 6.45) is 16.7. The molecular weight excluding hydrogens is 447 g/mol. The fourth-order valence-corrected chi connectivity index (χ4v) is 1.03. The number of rotatable bonds is 0. The maximum atomic E-state index is 3.12. The van der Waals surface area contributed by atoms with E-state index in [0.717, 1.165) is 22.4 Å². The van der Waals surface area contributed by atoms with Crippen molar-refractivity contribution in [3.8, 4) is 0 Å². The third-order valence-electron chi connectivity index (χ3n) is 1.73. The Labute approximate surface area is 156 Å².